The van der Waals surface area contributed by atoms with E-state index in [0.29, 0.717) is 19.0 Å². The van der Waals surface area contributed by atoms with E-state index in [0.717, 1.165) is 0 Å². The highest BCUT2D eigenvalue weighted by Crippen LogP contribution is 2.19. The zero-order chi connectivity index (χ0) is 10.6. The van der Waals surface area contributed by atoms with E-state index < -0.39 is 0 Å². The lowest BCUT2D eigenvalue weighted by molar-refractivity contribution is -0.122. The van der Waals surface area contributed by atoms with Crippen molar-refractivity contribution in [2.45, 2.75) is 51.2 Å². The van der Waals surface area contributed by atoms with Gasteiger partial charge in [0.2, 0.25) is 5.91 Å². The van der Waals surface area contributed by atoms with Crippen molar-refractivity contribution in [2.75, 3.05) is 6.54 Å². The largest absolute Gasteiger partial charge is 0.354 e. The molecule has 0 spiro atoms. The van der Waals surface area contributed by atoms with Crippen LogP contribution in [0.25, 0.3) is 0 Å². The molecule has 4 nitrogen and oxygen atoms in total. The Hall–Kier alpha value is -0.610. The van der Waals surface area contributed by atoms with Crippen molar-refractivity contribution in [1.29, 1.82) is 0 Å². The molecule has 0 aromatic rings. The molecule has 1 unspecified atom stereocenters. The van der Waals surface area contributed by atoms with E-state index in [1.54, 1.807) is 0 Å². The molecule has 1 fully saturated rings. The molecule has 1 atom stereocenters. The molecule has 14 heavy (non-hydrogen) atoms. The molecule has 4 heteroatoms. The standard InChI is InChI=1S/C10H21N3O/c1-7(2)12-10(14)5-9(6-11)13-8-3-4-8/h7-9,13H,3-6,11H2,1-2H3,(H,12,14). The molecule has 1 aliphatic carbocycles. The van der Waals surface area contributed by atoms with Gasteiger partial charge in [0, 0.05) is 31.1 Å². The fourth-order valence-corrected chi connectivity index (χ4v) is 1.40. The van der Waals surface area contributed by atoms with Crippen molar-refractivity contribution in [2.24, 2.45) is 5.73 Å². The van der Waals surface area contributed by atoms with E-state index in [9.17, 15) is 4.79 Å². The summed E-state index contributed by atoms with van der Waals surface area (Å²) in [6.07, 6.45) is 2.94. The van der Waals surface area contributed by atoms with E-state index in [1.807, 2.05) is 13.8 Å². The van der Waals surface area contributed by atoms with Crippen LogP contribution in [-0.2, 0) is 4.79 Å². The Balaban J connectivity index is 2.20. The summed E-state index contributed by atoms with van der Waals surface area (Å²) in [7, 11) is 0. The van der Waals surface area contributed by atoms with Gasteiger partial charge in [0.25, 0.3) is 0 Å². The van der Waals surface area contributed by atoms with Crippen molar-refractivity contribution in [3.8, 4) is 0 Å². The number of nitrogens with one attached hydrogen (secondary N) is 2. The summed E-state index contributed by atoms with van der Waals surface area (Å²) in [5.41, 5.74) is 5.59. The van der Waals surface area contributed by atoms with Gasteiger partial charge in [0.15, 0.2) is 0 Å². The van der Waals surface area contributed by atoms with Crippen LogP contribution in [0.15, 0.2) is 0 Å². The van der Waals surface area contributed by atoms with E-state index >= 15 is 0 Å². The molecule has 0 aromatic heterocycles. The van der Waals surface area contributed by atoms with Crippen molar-refractivity contribution in [3.05, 3.63) is 0 Å². The Labute approximate surface area is 85.6 Å². The lowest BCUT2D eigenvalue weighted by atomic mass is 10.2. The molecule has 1 saturated carbocycles. The fourth-order valence-electron chi connectivity index (χ4n) is 1.40. The predicted octanol–water partition coefficient (Wildman–Crippen LogP) is -0.0196. The van der Waals surface area contributed by atoms with Crippen molar-refractivity contribution >= 4 is 5.91 Å². The second-order valence-corrected chi connectivity index (χ2v) is 4.30. The van der Waals surface area contributed by atoms with Crippen LogP contribution in [0.5, 0.6) is 0 Å². The van der Waals surface area contributed by atoms with E-state index in [1.165, 1.54) is 12.8 Å². The number of amides is 1. The third kappa shape index (κ3) is 4.58. The molecule has 82 valence electrons. The maximum absolute atomic E-state index is 11.4. The number of nitrogens with two attached hydrogens (primary N) is 1. The Morgan fingerprint density at radius 2 is 2.14 bits per heavy atom. The highest BCUT2D eigenvalue weighted by atomic mass is 16.1. The first-order valence-electron chi connectivity index (χ1n) is 5.37. The molecule has 0 radical (unpaired) electrons. The third-order valence-corrected chi connectivity index (χ3v) is 2.21. The Morgan fingerprint density at radius 1 is 1.50 bits per heavy atom. The maximum Gasteiger partial charge on any atom is 0.221 e. The normalized spacial score (nSPS) is 18.3. The molecule has 0 saturated heterocycles. The predicted molar refractivity (Wildman–Crippen MR) is 56.9 cm³/mol. The van der Waals surface area contributed by atoms with E-state index in [4.69, 9.17) is 5.73 Å². The molecule has 0 bridgehead atoms. The topological polar surface area (TPSA) is 67.2 Å². The highest BCUT2D eigenvalue weighted by Gasteiger charge is 2.25. The lowest BCUT2D eigenvalue weighted by Gasteiger charge is -2.17. The number of rotatable bonds is 6. The average Bonchev–Trinajstić information content (AvgIpc) is 2.85. The summed E-state index contributed by atoms with van der Waals surface area (Å²) >= 11 is 0. The molecular formula is C10H21N3O. The van der Waals surface area contributed by atoms with Crippen LogP contribution >= 0.6 is 0 Å². The summed E-state index contributed by atoms with van der Waals surface area (Å²) in [4.78, 5) is 11.4. The lowest BCUT2D eigenvalue weighted by Crippen LogP contribution is -2.42. The maximum atomic E-state index is 11.4. The van der Waals surface area contributed by atoms with Crippen LogP contribution in [0, 0.1) is 0 Å². The molecule has 1 aliphatic rings. The van der Waals surface area contributed by atoms with Gasteiger partial charge in [-0.15, -0.1) is 0 Å². The molecule has 1 amide bonds. The number of carbonyl (C=O) groups is 1. The van der Waals surface area contributed by atoms with Crippen molar-refractivity contribution in [3.63, 3.8) is 0 Å². The minimum absolute atomic E-state index is 0.0867. The summed E-state index contributed by atoms with van der Waals surface area (Å²) in [6.45, 7) is 4.45. The van der Waals surface area contributed by atoms with E-state index in [-0.39, 0.29) is 18.0 Å². The average molecular weight is 199 g/mol. The summed E-state index contributed by atoms with van der Waals surface area (Å²) in [5.74, 6) is 0.0867. The fraction of sp³-hybridized carbons (Fsp3) is 0.900. The van der Waals surface area contributed by atoms with Gasteiger partial charge in [-0.05, 0) is 26.7 Å². The molecule has 4 N–H and O–H groups in total. The zero-order valence-corrected chi connectivity index (χ0v) is 9.05. The van der Waals surface area contributed by atoms with Gasteiger partial charge in [-0.2, -0.15) is 0 Å². The van der Waals surface area contributed by atoms with Gasteiger partial charge < -0.3 is 16.4 Å². The molecule has 1 rings (SSSR count). The van der Waals surface area contributed by atoms with Crippen LogP contribution in [-0.4, -0.2) is 30.6 Å². The van der Waals surface area contributed by atoms with Crippen LogP contribution in [0.2, 0.25) is 0 Å². The Morgan fingerprint density at radius 3 is 2.57 bits per heavy atom. The molecule has 0 heterocycles. The van der Waals surface area contributed by atoms with Gasteiger partial charge in [0.1, 0.15) is 0 Å². The van der Waals surface area contributed by atoms with Gasteiger partial charge in [-0.25, -0.2) is 0 Å². The first-order valence-corrected chi connectivity index (χ1v) is 5.37. The zero-order valence-electron chi connectivity index (χ0n) is 9.05. The summed E-state index contributed by atoms with van der Waals surface area (Å²) < 4.78 is 0. The smallest absolute Gasteiger partial charge is 0.221 e. The van der Waals surface area contributed by atoms with Crippen LogP contribution in [0.4, 0.5) is 0 Å². The monoisotopic (exact) mass is 199 g/mol. The van der Waals surface area contributed by atoms with E-state index in [2.05, 4.69) is 10.6 Å². The molecular weight excluding hydrogens is 178 g/mol. The molecule has 0 aromatic carbocycles. The second-order valence-electron chi connectivity index (χ2n) is 4.30. The Kier molecular flexibility index (Phi) is 4.35. The van der Waals surface area contributed by atoms with Gasteiger partial charge in [-0.3, -0.25) is 4.79 Å². The minimum atomic E-state index is 0.0867. The second kappa shape index (κ2) is 5.32. The Bertz CT molecular complexity index is 190. The van der Waals surface area contributed by atoms with Crippen LogP contribution < -0.4 is 16.4 Å². The van der Waals surface area contributed by atoms with Gasteiger partial charge >= 0.3 is 0 Å². The van der Waals surface area contributed by atoms with Crippen LogP contribution in [0.3, 0.4) is 0 Å². The number of hydrogen-bond acceptors (Lipinski definition) is 3. The van der Waals surface area contributed by atoms with Gasteiger partial charge in [0.05, 0.1) is 0 Å². The number of hydrogen-bond donors (Lipinski definition) is 3. The minimum Gasteiger partial charge on any atom is -0.354 e. The quantitative estimate of drug-likeness (QED) is 0.563. The summed E-state index contributed by atoms with van der Waals surface area (Å²) in [6, 6.07) is 0.957. The first kappa shape index (κ1) is 11.5. The summed E-state index contributed by atoms with van der Waals surface area (Å²) in [5, 5.41) is 6.23. The number of carbonyl (C=O) groups excluding carboxylic acids is 1. The van der Waals surface area contributed by atoms with Crippen molar-refractivity contribution in [1.82, 2.24) is 10.6 Å². The van der Waals surface area contributed by atoms with Crippen LogP contribution in [0.1, 0.15) is 33.1 Å². The SMILES string of the molecule is CC(C)NC(=O)CC(CN)NC1CC1. The molecule has 0 aliphatic heterocycles. The first-order chi connectivity index (χ1) is 6.61. The highest BCUT2D eigenvalue weighted by molar-refractivity contribution is 5.76. The van der Waals surface area contributed by atoms with Crippen molar-refractivity contribution < 1.29 is 4.79 Å². The van der Waals surface area contributed by atoms with Gasteiger partial charge in [-0.1, -0.05) is 0 Å². The third-order valence-electron chi connectivity index (χ3n) is 2.21.